The Balaban J connectivity index is 0.000000139. The summed E-state index contributed by atoms with van der Waals surface area (Å²) < 4.78 is 132. The highest BCUT2D eigenvalue weighted by Crippen LogP contribution is 2.47. The molecule has 2 aromatic heterocycles. The number of aromatic nitrogens is 2. The summed E-state index contributed by atoms with van der Waals surface area (Å²) in [7, 11) is 0. The Hall–Kier alpha value is -9.07. The topological polar surface area (TPSA) is 148 Å². The van der Waals surface area contributed by atoms with Gasteiger partial charge in [-0.2, -0.15) is 0 Å². The summed E-state index contributed by atoms with van der Waals surface area (Å²) in [6.07, 6.45) is -5.87. The van der Waals surface area contributed by atoms with E-state index in [1.165, 1.54) is 30.5 Å². The first-order valence-corrected chi connectivity index (χ1v) is 22.2. The van der Waals surface area contributed by atoms with Crippen LogP contribution in [0.5, 0.6) is 34.5 Å². The first-order chi connectivity index (χ1) is 35.1. The van der Waals surface area contributed by atoms with E-state index in [4.69, 9.17) is 5.73 Å². The van der Waals surface area contributed by atoms with Gasteiger partial charge in [0.25, 0.3) is 5.91 Å². The Kier molecular flexibility index (Phi) is 13.4. The molecule has 3 aliphatic rings. The molecule has 0 unspecified atom stereocenters. The minimum absolute atomic E-state index is 0.0150. The summed E-state index contributed by atoms with van der Waals surface area (Å²) >= 11 is 0. The molecule has 0 aliphatic carbocycles. The van der Waals surface area contributed by atoms with Crippen LogP contribution in [-0.2, 0) is 6.54 Å². The average molecular weight is 1020 g/mol. The van der Waals surface area contributed by atoms with Gasteiger partial charge in [-0.15, -0.1) is 26.3 Å². The lowest BCUT2D eigenvalue weighted by Crippen LogP contribution is -2.25. The van der Waals surface area contributed by atoms with Crippen molar-refractivity contribution in [2.45, 2.75) is 46.2 Å². The molecule has 0 atom stereocenters. The van der Waals surface area contributed by atoms with E-state index in [9.17, 15) is 39.9 Å². The van der Waals surface area contributed by atoms with Crippen LogP contribution >= 0.6 is 0 Å². The standard InChI is InChI=1S/C20H13F3N2O3.C20H15F3N2O2.C14H11F2NO2/c1-11-6-17-18(28-20(22,23)27-17)8-16(11)12-2-4-15(5-3-12)25-19(26)13-7-14(21)10-24-9-13;1-12-6-18-19(27-20(22,23)26-18)8-17(12)14-2-4-16(5-3-14)25-10-13-7-15(21)11-24-9-13;1-8-6-12-13(19-14(15,16)18-12)7-11(8)9-2-4-10(17)5-3-9/h2-10H,1H3,(H,25,26);2-9,11,25H,10H2,1H3;2-7H,17H2,1H3. The average Bonchev–Trinajstić information content (AvgIpc) is 3.95. The zero-order chi connectivity index (χ0) is 52.5. The number of fused-ring (bicyclic) bond motifs is 3. The van der Waals surface area contributed by atoms with Gasteiger partial charge in [-0.05, 0) is 161 Å². The molecule has 0 bridgehead atoms. The quantitative estimate of drug-likeness (QED) is 0.0986. The van der Waals surface area contributed by atoms with Gasteiger partial charge in [-0.3, -0.25) is 14.8 Å². The second-order valence-corrected chi connectivity index (χ2v) is 16.8. The molecule has 3 aliphatic heterocycles. The molecule has 4 N–H and O–H groups in total. The maximum Gasteiger partial charge on any atom is 0.586 e. The first kappa shape index (κ1) is 49.9. The van der Waals surface area contributed by atoms with Crippen molar-refractivity contribution in [1.29, 1.82) is 0 Å². The van der Waals surface area contributed by atoms with Crippen molar-refractivity contribution in [1.82, 2.24) is 9.97 Å². The molecule has 12 nitrogen and oxygen atoms in total. The Labute approximate surface area is 416 Å². The fraction of sp³-hybridized carbons (Fsp3) is 0.130. The molecule has 5 heterocycles. The van der Waals surface area contributed by atoms with Crippen LogP contribution in [0, 0.1) is 32.4 Å². The number of nitrogens with one attached hydrogen (secondary N) is 2. The highest BCUT2D eigenvalue weighted by molar-refractivity contribution is 6.04. The summed E-state index contributed by atoms with van der Waals surface area (Å²) in [5, 5.41) is 5.83. The number of alkyl halides is 6. The normalized spacial score (nSPS) is 14.5. The van der Waals surface area contributed by atoms with E-state index in [2.05, 4.69) is 49.0 Å². The van der Waals surface area contributed by atoms with Crippen LogP contribution in [0.2, 0.25) is 0 Å². The van der Waals surface area contributed by atoms with Gasteiger partial charge in [0.05, 0.1) is 18.0 Å². The molecule has 8 aromatic rings. The van der Waals surface area contributed by atoms with Crippen molar-refractivity contribution in [2.75, 3.05) is 16.4 Å². The van der Waals surface area contributed by atoms with E-state index in [0.717, 1.165) is 74.2 Å². The van der Waals surface area contributed by atoms with Crippen molar-refractivity contribution in [3.63, 3.8) is 0 Å². The number of rotatable bonds is 8. The third kappa shape index (κ3) is 11.7. The number of nitrogen functional groups attached to an aromatic ring is 1. The molecule has 0 radical (unpaired) electrons. The summed E-state index contributed by atoms with van der Waals surface area (Å²) in [5.41, 5.74) is 15.5. The summed E-state index contributed by atoms with van der Waals surface area (Å²) in [4.78, 5) is 19.6. The van der Waals surface area contributed by atoms with E-state index in [-0.39, 0.29) is 45.9 Å². The van der Waals surface area contributed by atoms with E-state index in [1.807, 2.05) is 50.2 Å². The van der Waals surface area contributed by atoms with Crippen molar-refractivity contribution < 1.29 is 68.3 Å². The zero-order valence-corrected chi connectivity index (χ0v) is 38.9. The smallest absolute Gasteiger partial charge is 0.399 e. The largest absolute Gasteiger partial charge is 0.586 e. The van der Waals surface area contributed by atoms with E-state index in [0.29, 0.717) is 23.5 Å². The van der Waals surface area contributed by atoms with Crippen LogP contribution in [-0.4, -0.2) is 34.8 Å². The molecule has 0 spiro atoms. The van der Waals surface area contributed by atoms with Crippen LogP contribution in [0.3, 0.4) is 0 Å². The molecule has 0 saturated heterocycles. The zero-order valence-electron chi connectivity index (χ0n) is 38.9. The minimum Gasteiger partial charge on any atom is -0.399 e. The number of benzene rings is 6. The number of nitrogens with two attached hydrogens (primary N) is 1. The van der Waals surface area contributed by atoms with Crippen LogP contribution in [0.15, 0.2) is 146 Å². The molecule has 74 heavy (non-hydrogen) atoms. The van der Waals surface area contributed by atoms with Crippen LogP contribution in [0.25, 0.3) is 33.4 Å². The Morgan fingerprint density at radius 3 is 1.26 bits per heavy atom. The van der Waals surface area contributed by atoms with E-state index >= 15 is 0 Å². The number of amides is 1. The van der Waals surface area contributed by atoms with E-state index < -0.39 is 30.6 Å². The summed E-state index contributed by atoms with van der Waals surface area (Å²) in [6.45, 7) is 5.84. The minimum atomic E-state index is -3.67. The summed E-state index contributed by atoms with van der Waals surface area (Å²) in [6, 6.07) is 33.0. The number of nitrogens with zero attached hydrogens (tertiary/aromatic N) is 2. The molecule has 0 fully saturated rings. The van der Waals surface area contributed by atoms with Gasteiger partial charge in [0, 0.05) is 36.0 Å². The van der Waals surface area contributed by atoms with Crippen molar-refractivity contribution in [3.05, 3.63) is 186 Å². The molecule has 0 saturated carbocycles. The lowest BCUT2D eigenvalue weighted by atomic mass is 9.99. The number of pyridine rings is 2. The summed E-state index contributed by atoms with van der Waals surface area (Å²) in [5.74, 6) is -1.39. The second-order valence-electron chi connectivity index (χ2n) is 16.8. The predicted molar refractivity (Wildman–Crippen MR) is 257 cm³/mol. The van der Waals surface area contributed by atoms with Gasteiger partial charge in [-0.1, -0.05) is 36.4 Å². The Morgan fingerprint density at radius 1 is 0.486 bits per heavy atom. The number of ether oxygens (including phenoxy) is 6. The van der Waals surface area contributed by atoms with Crippen molar-refractivity contribution in [3.8, 4) is 67.9 Å². The second kappa shape index (κ2) is 19.9. The third-order valence-corrected chi connectivity index (χ3v) is 11.3. The molecule has 378 valence electrons. The number of carbonyl (C=O) groups excluding carboxylic acids is 1. The number of halogens is 8. The van der Waals surface area contributed by atoms with Crippen molar-refractivity contribution in [2.24, 2.45) is 0 Å². The lowest BCUT2D eigenvalue weighted by molar-refractivity contribution is -0.287. The molecule has 6 aromatic carbocycles. The molecular formula is C54H39F8N5O7. The number of aryl methyl sites for hydroxylation is 3. The van der Waals surface area contributed by atoms with Crippen LogP contribution in [0.1, 0.15) is 32.6 Å². The van der Waals surface area contributed by atoms with Gasteiger partial charge >= 0.3 is 18.9 Å². The number of hydrogen-bond donors (Lipinski definition) is 3. The molecular weight excluding hydrogens is 983 g/mol. The van der Waals surface area contributed by atoms with Crippen LogP contribution < -0.4 is 44.8 Å². The highest BCUT2D eigenvalue weighted by Gasteiger charge is 2.45. The molecule has 1 amide bonds. The monoisotopic (exact) mass is 1020 g/mol. The van der Waals surface area contributed by atoms with Gasteiger partial charge in [0.1, 0.15) is 11.6 Å². The van der Waals surface area contributed by atoms with E-state index in [1.54, 1.807) is 67.7 Å². The Morgan fingerprint density at radius 2 is 0.851 bits per heavy atom. The maximum atomic E-state index is 13.2. The lowest BCUT2D eigenvalue weighted by Gasteiger charge is -2.10. The first-order valence-electron chi connectivity index (χ1n) is 22.2. The predicted octanol–water partition coefficient (Wildman–Crippen LogP) is 13.5. The van der Waals surface area contributed by atoms with Gasteiger partial charge in [0.2, 0.25) is 0 Å². The molecule has 20 heteroatoms. The number of carbonyl (C=O) groups is 1. The SMILES string of the molecule is Cc1cc2c(cc1-c1ccc(N)cc1)OC(F)(F)O2.Cc1cc2c(cc1-c1ccc(NC(=O)c3cncc(F)c3)cc1)OC(F)(F)O2.Cc1cc2c(cc1-c1ccc(NCc3cncc(F)c3)cc1)OC(F)(F)O2. The number of hydrogen-bond acceptors (Lipinski definition) is 11. The van der Waals surface area contributed by atoms with Gasteiger partial charge in [0.15, 0.2) is 34.5 Å². The van der Waals surface area contributed by atoms with Gasteiger partial charge in [-0.25, -0.2) is 8.78 Å². The Bertz CT molecular complexity index is 3400. The van der Waals surface area contributed by atoms with Gasteiger partial charge < -0.3 is 44.8 Å². The van der Waals surface area contributed by atoms with Crippen molar-refractivity contribution >= 4 is 23.0 Å². The fourth-order valence-corrected chi connectivity index (χ4v) is 7.89. The maximum absolute atomic E-state index is 13.2. The fourth-order valence-electron chi connectivity index (χ4n) is 7.89. The number of anilines is 3. The van der Waals surface area contributed by atoms with Crippen LogP contribution in [0.4, 0.5) is 52.2 Å². The third-order valence-electron chi connectivity index (χ3n) is 11.3. The highest BCUT2D eigenvalue weighted by atomic mass is 19.3. The molecule has 11 rings (SSSR count).